The SMILES string of the molecule is CCOc1ccc(NC(=O)CN2CCN(Cc3cccs3)CC2)cc1. The molecule has 25 heavy (non-hydrogen) atoms. The number of anilines is 1. The van der Waals surface area contributed by atoms with E-state index in [4.69, 9.17) is 4.74 Å². The van der Waals surface area contributed by atoms with Crippen LogP contribution in [0.5, 0.6) is 5.75 Å². The number of amides is 1. The quantitative estimate of drug-likeness (QED) is 0.826. The summed E-state index contributed by atoms with van der Waals surface area (Å²) in [6.07, 6.45) is 0. The Labute approximate surface area is 153 Å². The van der Waals surface area contributed by atoms with Gasteiger partial charge in [0.05, 0.1) is 13.2 Å². The van der Waals surface area contributed by atoms with E-state index < -0.39 is 0 Å². The molecule has 1 fully saturated rings. The summed E-state index contributed by atoms with van der Waals surface area (Å²) in [5.74, 6) is 0.859. The van der Waals surface area contributed by atoms with Gasteiger partial charge in [0.25, 0.3) is 0 Å². The highest BCUT2D eigenvalue weighted by Gasteiger charge is 2.19. The number of thiophene rings is 1. The van der Waals surface area contributed by atoms with Crippen LogP contribution in [0.2, 0.25) is 0 Å². The number of hydrogen-bond acceptors (Lipinski definition) is 5. The number of nitrogens with one attached hydrogen (secondary N) is 1. The van der Waals surface area contributed by atoms with Gasteiger partial charge in [0, 0.05) is 43.3 Å². The van der Waals surface area contributed by atoms with Crippen LogP contribution in [0.1, 0.15) is 11.8 Å². The Morgan fingerprint density at radius 3 is 2.48 bits per heavy atom. The first-order valence-corrected chi connectivity index (χ1v) is 9.60. The molecule has 2 heterocycles. The normalized spacial score (nSPS) is 15.9. The zero-order valence-electron chi connectivity index (χ0n) is 14.6. The van der Waals surface area contributed by atoms with E-state index in [1.54, 1.807) is 11.3 Å². The van der Waals surface area contributed by atoms with Crippen LogP contribution < -0.4 is 10.1 Å². The Hall–Kier alpha value is -1.89. The van der Waals surface area contributed by atoms with E-state index in [0.29, 0.717) is 13.2 Å². The molecule has 1 aliphatic heterocycles. The minimum atomic E-state index is 0.0378. The molecule has 0 atom stereocenters. The topological polar surface area (TPSA) is 44.8 Å². The molecular formula is C19H25N3O2S. The molecule has 6 heteroatoms. The average Bonchev–Trinajstić information content (AvgIpc) is 3.12. The molecule has 0 saturated carbocycles. The van der Waals surface area contributed by atoms with Gasteiger partial charge in [0.15, 0.2) is 0 Å². The third-order valence-corrected chi connectivity index (χ3v) is 5.10. The van der Waals surface area contributed by atoms with Crippen molar-refractivity contribution in [1.29, 1.82) is 0 Å². The lowest BCUT2D eigenvalue weighted by Crippen LogP contribution is -2.48. The number of carbonyl (C=O) groups excluding carboxylic acids is 1. The molecule has 0 aliphatic carbocycles. The maximum atomic E-state index is 12.2. The molecule has 134 valence electrons. The monoisotopic (exact) mass is 359 g/mol. The van der Waals surface area contributed by atoms with Crippen molar-refractivity contribution in [3.8, 4) is 5.75 Å². The first-order valence-electron chi connectivity index (χ1n) is 8.73. The largest absolute Gasteiger partial charge is 0.494 e. The van der Waals surface area contributed by atoms with Crippen LogP contribution in [-0.4, -0.2) is 55.0 Å². The van der Waals surface area contributed by atoms with E-state index in [2.05, 4.69) is 32.6 Å². The number of ether oxygens (including phenoxy) is 1. The van der Waals surface area contributed by atoms with E-state index in [0.717, 1.165) is 44.2 Å². The van der Waals surface area contributed by atoms with Crippen molar-refractivity contribution in [2.75, 3.05) is 44.6 Å². The molecule has 0 radical (unpaired) electrons. The van der Waals surface area contributed by atoms with Crippen molar-refractivity contribution >= 4 is 22.9 Å². The maximum Gasteiger partial charge on any atom is 0.238 e. The highest BCUT2D eigenvalue weighted by atomic mass is 32.1. The van der Waals surface area contributed by atoms with Crippen molar-refractivity contribution in [2.24, 2.45) is 0 Å². The average molecular weight is 359 g/mol. The van der Waals surface area contributed by atoms with Crippen molar-refractivity contribution in [2.45, 2.75) is 13.5 Å². The van der Waals surface area contributed by atoms with Crippen molar-refractivity contribution in [3.05, 3.63) is 46.7 Å². The third kappa shape index (κ3) is 5.56. The number of carbonyl (C=O) groups is 1. The summed E-state index contributed by atoms with van der Waals surface area (Å²) < 4.78 is 5.41. The lowest BCUT2D eigenvalue weighted by molar-refractivity contribution is -0.117. The minimum absolute atomic E-state index is 0.0378. The van der Waals surface area contributed by atoms with Crippen LogP contribution in [0.4, 0.5) is 5.69 Å². The van der Waals surface area contributed by atoms with Gasteiger partial charge in [0.1, 0.15) is 5.75 Å². The van der Waals surface area contributed by atoms with Gasteiger partial charge in [0.2, 0.25) is 5.91 Å². The van der Waals surface area contributed by atoms with E-state index in [-0.39, 0.29) is 5.91 Å². The highest BCUT2D eigenvalue weighted by Crippen LogP contribution is 2.16. The number of benzene rings is 1. The number of hydrogen-bond donors (Lipinski definition) is 1. The van der Waals surface area contributed by atoms with Gasteiger partial charge in [-0.05, 0) is 42.6 Å². The molecule has 1 amide bonds. The molecule has 1 aromatic carbocycles. The summed E-state index contributed by atoms with van der Waals surface area (Å²) in [5.41, 5.74) is 0.810. The Bertz CT molecular complexity index is 650. The van der Waals surface area contributed by atoms with E-state index in [1.807, 2.05) is 31.2 Å². The molecular weight excluding hydrogens is 334 g/mol. The summed E-state index contributed by atoms with van der Waals surface area (Å²) in [4.78, 5) is 18.3. The van der Waals surface area contributed by atoms with E-state index in [1.165, 1.54) is 4.88 Å². The van der Waals surface area contributed by atoms with E-state index in [9.17, 15) is 4.79 Å². The number of rotatable bonds is 7. The van der Waals surface area contributed by atoms with Crippen molar-refractivity contribution in [1.82, 2.24) is 9.80 Å². The van der Waals surface area contributed by atoms with Crippen LogP contribution in [0.25, 0.3) is 0 Å². The van der Waals surface area contributed by atoms with Crippen LogP contribution >= 0.6 is 11.3 Å². The molecule has 5 nitrogen and oxygen atoms in total. The Kier molecular flexibility index (Phi) is 6.44. The molecule has 0 unspecified atom stereocenters. The predicted molar refractivity (Wildman–Crippen MR) is 102 cm³/mol. The molecule has 2 aromatic rings. The standard InChI is InChI=1S/C19H25N3O2S/c1-2-24-17-7-5-16(6-8-17)20-19(23)15-22-11-9-21(10-12-22)14-18-4-3-13-25-18/h3-8,13H,2,9-12,14-15H2,1H3,(H,20,23). The van der Waals surface area contributed by atoms with Gasteiger partial charge in [-0.1, -0.05) is 6.07 Å². The smallest absolute Gasteiger partial charge is 0.238 e. The fourth-order valence-corrected chi connectivity index (χ4v) is 3.68. The Balaban J connectivity index is 1.40. The number of piperazine rings is 1. The molecule has 1 saturated heterocycles. The van der Waals surface area contributed by atoms with Gasteiger partial charge in [-0.25, -0.2) is 0 Å². The van der Waals surface area contributed by atoms with Gasteiger partial charge in [-0.15, -0.1) is 11.3 Å². The van der Waals surface area contributed by atoms with Crippen molar-refractivity contribution in [3.63, 3.8) is 0 Å². The first-order chi connectivity index (χ1) is 12.2. The van der Waals surface area contributed by atoms with Crippen molar-refractivity contribution < 1.29 is 9.53 Å². The van der Waals surface area contributed by atoms with Gasteiger partial charge >= 0.3 is 0 Å². The minimum Gasteiger partial charge on any atom is -0.494 e. The van der Waals surface area contributed by atoms with Crippen LogP contribution in [-0.2, 0) is 11.3 Å². The highest BCUT2D eigenvalue weighted by molar-refractivity contribution is 7.09. The molecule has 1 N–H and O–H groups in total. The second-order valence-electron chi connectivity index (χ2n) is 6.14. The molecule has 1 aliphatic rings. The zero-order chi connectivity index (χ0) is 17.5. The summed E-state index contributed by atoms with van der Waals surface area (Å²) >= 11 is 1.80. The van der Waals surface area contributed by atoms with Gasteiger partial charge < -0.3 is 10.1 Å². The lowest BCUT2D eigenvalue weighted by Gasteiger charge is -2.34. The summed E-state index contributed by atoms with van der Waals surface area (Å²) in [6.45, 7) is 7.94. The van der Waals surface area contributed by atoms with E-state index >= 15 is 0 Å². The Morgan fingerprint density at radius 1 is 1.12 bits per heavy atom. The second kappa shape index (κ2) is 8.99. The van der Waals surface area contributed by atoms with Crippen LogP contribution in [0, 0.1) is 0 Å². The molecule has 0 bridgehead atoms. The first kappa shape index (κ1) is 17.9. The van der Waals surface area contributed by atoms with Crippen LogP contribution in [0.15, 0.2) is 41.8 Å². The fraction of sp³-hybridized carbons (Fsp3) is 0.421. The summed E-state index contributed by atoms with van der Waals surface area (Å²) in [6, 6.07) is 11.8. The van der Waals surface area contributed by atoms with Crippen LogP contribution in [0.3, 0.4) is 0 Å². The molecule has 3 rings (SSSR count). The summed E-state index contributed by atoms with van der Waals surface area (Å²) in [7, 11) is 0. The second-order valence-corrected chi connectivity index (χ2v) is 7.17. The molecule has 1 aromatic heterocycles. The third-order valence-electron chi connectivity index (χ3n) is 4.24. The van der Waals surface area contributed by atoms with Gasteiger partial charge in [-0.2, -0.15) is 0 Å². The summed E-state index contributed by atoms with van der Waals surface area (Å²) in [5, 5.41) is 5.08. The van der Waals surface area contributed by atoms with Gasteiger partial charge in [-0.3, -0.25) is 14.6 Å². The maximum absolute atomic E-state index is 12.2. The number of nitrogens with zero attached hydrogens (tertiary/aromatic N) is 2. The Morgan fingerprint density at radius 2 is 1.84 bits per heavy atom. The molecule has 0 spiro atoms. The lowest BCUT2D eigenvalue weighted by atomic mass is 10.2. The zero-order valence-corrected chi connectivity index (χ0v) is 15.4. The fourth-order valence-electron chi connectivity index (χ4n) is 2.93. The predicted octanol–water partition coefficient (Wildman–Crippen LogP) is 2.90.